The third-order valence-electron chi connectivity index (χ3n) is 3.74. The molecule has 4 nitrogen and oxygen atoms in total. The Morgan fingerprint density at radius 2 is 1.71 bits per heavy atom. The SMILES string of the molecule is C[C@@H](Oc1ccccc1C=O)C(=O)Nc1ccc2ccccc2c1. The lowest BCUT2D eigenvalue weighted by Crippen LogP contribution is -2.30. The van der Waals surface area contributed by atoms with Gasteiger partial charge in [-0.15, -0.1) is 0 Å². The lowest BCUT2D eigenvalue weighted by atomic mass is 10.1. The van der Waals surface area contributed by atoms with Gasteiger partial charge in [-0.1, -0.05) is 42.5 Å². The van der Waals surface area contributed by atoms with Crippen LogP contribution in [0.2, 0.25) is 0 Å². The predicted molar refractivity (Wildman–Crippen MR) is 94.5 cm³/mol. The van der Waals surface area contributed by atoms with E-state index >= 15 is 0 Å². The molecule has 0 aromatic heterocycles. The average Bonchev–Trinajstić information content (AvgIpc) is 2.62. The van der Waals surface area contributed by atoms with Gasteiger partial charge in [-0.2, -0.15) is 0 Å². The Hall–Kier alpha value is -3.14. The van der Waals surface area contributed by atoms with Gasteiger partial charge in [0.05, 0.1) is 5.56 Å². The van der Waals surface area contributed by atoms with Crippen molar-refractivity contribution in [3.05, 3.63) is 72.3 Å². The van der Waals surface area contributed by atoms with Crippen LogP contribution in [0.15, 0.2) is 66.7 Å². The van der Waals surface area contributed by atoms with Gasteiger partial charge in [0.1, 0.15) is 5.75 Å². The Morgan fingerprint density at radius 3 is 2.50 bits per heavy atom. The van der Waals surface area contributed by atoms with Gasteiger partial charge in [0.25, 0.3) is 5.91 Å². The number of fused-ring (bicyclic) bond motifs is 1. The van der Waals surface area contributed by atoms with Crippen molar-refractivity contribution in [2.24, 2.45) is 0 Å². The Kier molecular flexibility index (Phi) is 4.57. The number of benzene rings is 3. The average molecular weight is 319 g/mol. The van der Waals surface area contributed by atoms with E-state index in [9.17, 15) is 9.59 Å². The molecule has 3 aromatic rings. The number of carbonyl (C=O) groups excluding carboxylic acids is 2. The maximum Gasteiger partial charge on any atom is 0.265 e. The van der Waals surface area contributed by atoms with Crippen molar-refractivity contribution in [1.82, 2.24) is 0 Å². The molecule has 0 bridgehead atoms. The molecule has 3 aromatic carbocycles. The second-order valence-electron chi connectivity index (χ2n) is 5.47. The van der Waals surface area contributed by atoms with Crippen LogP contribution in [0.3, 0.4) is 0 Å². The number of ether oxygens (including phenoxy) is 1. The Labute approximate surface area is 140 Å². The predicted octanol–water partition coefficient (Wildman–Crippen LogP) is 4.06. The van der Waals surface area contributed by atoms with Crippen LogP contribution in [-0.4, -0.2) is 18.3 Å². The summed E-state index contributed by atoms with van der Waals surface area (Å²) in [5.74, 6) is 0.125. The van der Waals surface area contributed by atoms with Crippen LogP contribution in [0.25, 0.3) is 10.8 Å². The highest BCUT2D eigenvalue weighted by molar-refractivity contribution is 5.96. The van der Waals surface area contributed by atoms with E-state index in [2.05, 4.69) is 5.32 Å². The molecule has 0 unspecified atom stereocenters. The quantitative estimate of drug-likeness (QED) is 0.722. The van der Waals surface area contributed by atoms with Crippen molar-refractivity contribution >= 4 is 28.7 Å². The summed E-state index contributed by atoms with van der Waals surface area (Å²) in [5, 5.41) is 5.00. The van der Waals surface area contributed by atoms with Crippen molar-refractivity contribution in [3.8, 4) is 5.75 Å². The molecule has 0 saturated carbocycles. The summed E-state index contributed by atoms with van der Waals surface area (Å²) in [5.41, 5.74) is 1.13. The molecule has 120 valence electrons. The zero-order valence-corrected chi connectivity index (χ0v) is 13.2. The van der Waals surface area contributed by atoms with E-state index in [0.717, 1.165) is 10.8 Å². The third-order valence-corrected chi connectivity index (χ3v) is 3.74. The minimum Gasteiger partial charge on any atom is -0.480 e. The Bertz CT molecular complexity index is 889. The van der Waals surface area contributed by atoms with Gasteiger partial charge in [0, 0.05) is 5.69 Å². The molecule has 1 atom stereocenters. The van der Waals surface area contributed by atoms with Gasteiger partial charge >= 0.3 is 0 Å². The van der Waals surface area contributed by atoms with Crippen molar-refractivity contribution in [2.75, 3.05) is 5.32 Å². The van der Waals surface area contributed by atoms with E-state index in [-0.39, 0.29) is 5.91 Å². The molecule has 0 spiro atoms. The number of anilines is 1. The summed E-state index contributed by atoms with van der Waals surface area (Å²) in [4.78, 5) is 23.3. The van der Waals surface area contributed by atoms with Crippen LogP contribution in [0.4, 0.5) is 5.69 Å². The van der Waals surface area contributed by atoms with Crippen LogP contribution < -0.4 is 10.1 Å². The Balaban J connectivity index is 1.72. The normalized spacial score (nSPS) is 11.7. The maximum atomic E-state index is 12.3. The smallest absolute Gasteiger partial charge is 0.265 e. The number of amides is 1. The summed E-state index contributed by atoms with van der Waals surface area (Å²) < 4.78 is 5.61. The van der Waals surface area contributed by atoms with Crippen molar-refractivity contribution in [1.29, 1.82) is 0 Å². The molecular weight excluding hydrogens is 302 g/mol. The molecule has 0 fully saturated rings. The molecule has 0 aliphatic rings. The summed E-state index contributed by atoms with van der Waals surface area (Å²) in [6.45, 7) is 1.65. The van der Waals surface area contributed by atoms with Crippen molar-refractivity contribution in [2.45, 2.75) is 13.0 Å². The van der Waals surface area contributed by atoms with E-state index in [0.29, 0.717) is 23.3 Å². The van der Waals surface area contributed by atoms with E-state index < -0.39 is 6.10 Å². The van der Waals surface area contributed by atoms with Crippen LogP contribution >= 0.6 is 0 Å². The second-order valence-corrected chi connectivity index (χ2v) is 5.47. The highest BCUT2D eigenvalue weighted by Crippen LogP contribution is 2.20. The number of carbonyl (C=O) groups is 2. The molecular formula is C20H17NO3. The number of rotatable bonds is 5. The summed E-state index contributed by atoms with van der Waals surface area (Å²) in [7, 11) is 0. The van der Waals surface area contributed by atoms with E-state index in [4.69, 9.17) is 4.74 Å². The van der Waals surface area contributed by atoms with Crippen molar-refractivity contribution in [3.63, 3.8) is 0 Å². The topological polar surface area (TPSA) is 55.4 Å². The monoisotopic (exact) mass is 319 g/mol. The number of para-hydroxylation sites is 1. The standard InChI is InChI=1S/C20H17NO3/c1-14(24-19-9-5-4-8-17(19)13-22)20(23)21-18-11-10-15-6-2-3-7-16(15)12-18/h2-14H,1H3,(H,21,23)/t14-/m1/s1. The first-order valence-corrected chi connectivity index (χ1v) is 7.68. The van der Waals surface area contributed by atoms with Gasteiger partial charge < -0.3 is 10.1 Å². The minimum atomic E-state index is -0.724. The number of hydrogen-bond acceptors (Lipinski definition) is 3. The third kappa shape index (κ3) is 3.43. The second kappa shape index (κ2) is 6.96. The molecule has 3 rings (SSSR count). The van der Waals surface area contributed by atoms with Crippen LogP contribution in [0.5, 0.6) is 5.75 Å². The van der Waals surface area contributed by atoms with E-state index in [1.807, 2.05) is 42.5 Å². The fraction of sp³-hybridized carbons (Fsp3) is 0.100. The highest BCUT2D eigenvalue weighted by atomic mass is 16.5. The fourth-order valence-electron chi connectivity index (χ4n) is 2.44. The molecule has 0 saturated heterocycles. The lowest BCUT2D eigenvalue weighted by molar-refractivity contribution is -0.122. The number of nitrogens with one attached hydrogen (secondary N) is 1. The summed E-state index contributed by atoms with van der Waals surface area (Å²) >= 11 is 0. The summed E-state index contributed by atoms with van der Waals surface area (Å²) in [6.07, 6.45) is -0.0129. The van der Waals surface area contributed by atoms with Gasteiger partial charge in [0.15, 0.2) is 12.4 Å². The summed E-state index contributed by atoms with van der Waals surface area (Å²) in [6, 6.07) is 20.5. The van der Waals surface area contributed by atoms with Gasteiger partial charge in [0.2, 0.25) is 0 Å². The molecule has 0 heterocycles. The largest absolute Gasteiger partial charge is 0.480 e. The first kappa shape index (κ1) is 15.7. The van der Waals surface area contributed by atoms with Crippen LogP contribution in [-0.2, 0) is 4.79 Å². The highest BCUT2D eigenvalue weighted by Gasteiger charge is 2.16. The van der Waals surface area contributed by atoms with Gasteiger partial charge in [-0.3, -0.25) is 9.59 Å². The molecule has 0 aliphatic carbocycles. The number of hydrogen-bond donors (Lipinski definition) is 1. The van der Waals surface area contributed by atoms with Gasteiger partial charge in [-0.05, 0) is 42.0 Å². The molecule has 4 heteroatoms. The zero-order valence-electron chi connectivity index (χ0n) is 13.2. The molecule has 1 N–H and O–H groups in total. The Morgan fingerprint density at radius 1 is 1.00 bits per heavy atom. The zero-order chi connectivity index (χ0) is 16.9. The van der Waals surface area contributed by atoms with E-state index in [1.54, 1.807) is 31.2 Å². The number of aldehydes is 1. The molecule has 0 radical (unpaired) electrons. The van der Waals surface area contributed by atoms with E-state index in [1.165, 1.54) is 0 Å². The fourth-order valence-corrected chi connectivity index (χ4v) is 2.44. The molecule has 24 heavy (non-hydrogen) atoms. The molecule has 0 aliphatic heterocycles. The van der Waals surface area contributed by atoms with Crippen LogP contribution in [0, 0.1) is 0 Å². The van der Waals surface area contributed by atoms with Crippen LogP contribution in [0.1, 0.15) is 17.3 Å². The van der Waals surface area contributed by atoms with Gasteiger partial charge in [-0.25, -0.2) is 0 Å². The first-order valence-electron chi connectivity index (χ1n) is 7.68. The van der Waals surface area contributed by atoms with Crippen molar-refractivity contribution < 1.29 is 14.3 Å². The first-order chi connectivity index (χ1) is 11.7. The lowest BCUT2D eigenvalue weighted by Gasteiger charge is -2.16. The minimum absolute atomic E-state index is 0.272. The maximum absolute atomic E-state index is 12.3. The molecule has 1 amide bonds.